The number of hydrogen-bond acceptors (Lipinski definition) is 4. The maximum absolute atomic E-state index is 13.1. The number of aromatic amines is 1. The van der Waals surface area contributed by atoms with Crippen LogP contribution in [-0.4, -0.2) is 31.1 Å². The molecular formula is C17H17FN6O2S. The molecule has 0 spiro atoms. The van der Waals surface area contributed by atoms with Gasteiger partial charge in [-0.3, -0.25) is 29.7 Å². The molecule has 10 heteroatoms. The number of nitrogens with one attached hydrogen (secondary N) is 3. The molecule has 0 saturated carbocycles. The number of H-pyrrole nitrogens is 1. The van der Waals surface area contributed by atoms with E-state index in [2.05, 4.69) is 20.9 Å². The standard InChI is InChI=1S/C17H17FN6O2S/c1-10-7-11(2)23(22-10)9-15(25)20-21-16(26)14-8-19-17(27)24(14)13-5-3-12(18)4-6-13/h3-8H,9H2,1-2H3,(H,19,27)(H,20,25)(H,21,26). The number of hydrogen-bond donors (Lipinski definition) is 3. The SMILES string of the molecule is Cc1cc(C)n(CC(=O)NNC(=O)c2c[nH]c(=S)n2-c2ccc(F)cc2)n1. The summed E-state index contributed by atoms with van der Waals surface area (Å²) >= 11 is 5.18. The number of benzene rings is 1. The summed E-state index contributed by atoms with van der Waals surface area (Å²) in [7, 11) is 0. The van der Waals surface area contributed by atoms with Gasteiger partial charge in [-0.25, -0.2) is 4.39 Å². The molecule has 2 heterocycles. The van der Waals surface area contributed by atoms with Gasteiger partial charge >= 0.3 is 0 Å². The summed E-state index contributed by atoms with van der Waals surface area (Å²) in [6.07, 6.45) is 1.41. The molecular weight excluding hydrogens is 371 g/mol. The van der Waals surface area contributed by atoms with Crippen molar-refractivity contribution >= 4 is 24.0 Å². The van der Waals surface area contributed by atoms with E-state index in [1.54, 1.807) is 0 Å². The predicted molar refractivity (Wildman–Crippen MR) is 98.2 cm³/mol. The Bertz CT molecular complexity index is 1050. The van der Waals surface area contributed by atoms with Gasteiger partial charge in [0.2, 0.25) is 0 Å². The third-order valence-corrected chi connectivity index (χ3v) is 4.11. The van der Waals surface area contributed by atoms with E-state index in [0.29, 0.717) is 5.69 Å². The van der Waals surface area contributed by atoms with Crippen LogP contribution in [0, 0.1) is 24.4 Å². The zero-order valence-corrected chi connectivity index (χ0v) is 15.4. The Morgan fingerprint density at radius 1 is 1.22 bits per heavy atom. The van der Waals surface area contributed by atoms with Crippen LogP contribution in [0.15, 0.2) is 36.5 Å². The minimum absolute atomic E-state index is 0.0304. The number of carbonyl (C=O) groups is 2. The Labute approximate surface area is 159 Å². The van der Waals surface area contributed by atoms with Gasteiger partial charge in [-0.2, -0.15) is 5.10 Å². The van der Waals surface area contributed by atoms with Crippen LogP contribution in [0.5, 0.6) is 0 Å². The molecule has 0 atom stereocenters. The first-order chi connectivity index (χ1) is 12.8. The number of aryl methyl sites for hydroxylation is 2. The zero-order valence-electron chi connectivity index (χ0n) is 14.6. The number of carbonyl (C=O) groups excluding carboxylic acids is 2. The fourth-order valence-corrected chi connectivity index (χ4v) is 2.85. The number of aromatic nitrogens is 4. The van der Waals surface area contributed by atoms with E-state index in [1.807, 2.05) is 19.9 Å². The summed E-state index contributed by atoms with van der Waals surface area (Å²) in [4.78, 5) is 27.2. The number of nitrogens with zero attached hydrogens (tertiary/aromatic N) is 3. The van der Waals surface area contributed by atoms with E-state index in [4.69, 9.17) is 12.2 Å². The lowest BCUT2D eigenvalue weighted by Gasteiger charge is -2.10. The monoisotopic (exact) mass is 388 g/mol. The summed E-state index contributed by atoms with van der Waals surface area (Å²) in [6.45, 7) is 3.63. The average molecular weight is 388 g/mol. The highest BCUT2D eigenvalue weighted by atomic mass is 32.1. The Hall–Kier alpha value is -3.27. The van der Waals surface area contributed by atoms with Gasteiger partial charge in [0.25, 0.3) is 11.8 Å². The molecule has 0 unspecified atom stereocenters. The molecule has 27 heavy (non-hydrogen) atoms. The molecule has 0 bridgehead atoms. The number of rotatable bonds is 4. The van der Waals surface area contributed by atoms with Crippen LogP contribution in [-0.2, 0) is 11.3 Å². The Morgan fingerprint density at radius 3 is 2.56 bits per heavy atom. The third kappa shape index (κ3) is 4.11. The van der Waals surface area contributed by atoms with Crippen LogP contribution >= 0.6 is 12.2 Å². The second-order valence-electron chi connectivity index (χ2n) is 5.88. The second-order valence-corrected chi connectivity index (χ2v) is 6.26. The van der Waals surface area contributed by atoms with Crippen molar-refractivity contribution in [3.8, 4) is 5.69 Å². The maximum atomic E-state index is 13.1. The number of imidazole rings is 1. The maximum Gasteiger partial charge on any atom is 0.288 e. The minimum Gasteiger partial charge on any atom is -0.336 e. The minimum atomic E-state index is -0.576. The first-order valence-corrected chi connectivity index (χ1v) is 8.42. The summed E-state index contributed by atoms with van der Waals surface area (Å²) in [6, 6.07) is 7.38. The van der Waals surface area contributed by atoms with Crippen molar-refractivity contribution in [3.05, 3.63) is 64.2 Å². The van der Waals surface area contributed by atoms with Gasteiger partial charge in [-0.05, 0) is 56.4 Å². The van der Waals surface area contributed by atoms with Gasteiger partial charge in [-0.15, -0.1) is 0 Å². The lowest BCUT2D eigenvalue weighted by Crippen LogP contribution is -2.43. The quantitative estimate of drug-likeness (QED) is 0.470. The Balaban J connectivity index is 1.70. The summed E-state index contributed by atoms with van der Waals surface area (Å²) in [5.74, 6) is -1.41. The number of amides is 2. The molecule has 0 radical (unpaired) electrons. The van der Waals surface area contributed by atoms with Gasteiger partial charge in [0.1, 0.15) is 18.1 Å². The Kier molecular flexibility index (Phi) is 5.17. The predicted octanol–water partition coefficient (Wildman–Crippen LogP) is 1.95. The van der Waals surface area contributed by atoms with E-state index in [9.17, 15) is 14.0 Å². The van der Waals surface area contributed by atoms with Gasteiger partial charge < -0.3 is 4.98 Å². The molecule has 3 N–H and O–H groups in total. The summed E-state index contributed by atoms with van der Waals surface area (Å²) < 4.78 is 16.4. The highest BCUT2D eigenvalue weighted by Gasteiger charge is 2.16. The van der Waals surface area contributed by atoms with E-state index in [-0.39, 0.29) is 17.0 Å². The molecule has 0 saturated heterocycles. The molecule has 0 aliphatic carbocycles. The highest BCUT2D eigenvalue weighted by Crippen LogP contribution is 2.13. The first kappa shape index (κ1) is 18.5. The number of hydrazine groups is 1. The van der Waals surface area contributed by atoms with Gasteiger partial charge in [-0.1, -0.05) is 0 Å². The van der Waals surface area contributed by atoms with Crippen molar-refractivity contribution in [2.75, 3.05) is 0 Å². The van der Waals surface area contributed by atoms with Crippen LogP contribution in [0.1, 0.15) is 21.9 Å². The van der Waals surface area contributed by atoms with Crippen LogP contribution in [0.25, 0.3) is 5.69 Å². The molecule has 8 nitrogen and oxygen atoms in total. The molecule has 0 fully saturated rings. The molecule has 3 rings (SSSR count). The molecule has 2 amide bonds. The third-order valence-electron chi connectivity index (χ3n) is 3.81. The summed E-state index contributed by atoms with van der Waals surface area (Å²) in [5.41, 5.74) is 7.00. The first-order valence-electron chi connectivity index (χ1n) is 8.02. The average Bonchev–Trinajstić information content (AvgIpc) is 3.15. The van der Waals surface area contributed by atoms with Gasteiger partial charge in [0.05, 0.1) is 5.69 Å². The van der Waals surface area contributed by atoms with Crippen molar-refractivity contribution in [2.45, 2.75) is 20.4 Å². The van der Waals surface area contributed by atoms with E-state index in [0.717, 1.165) is 11.4 Å². The zero-order chi connectivity index (χ0) is 19.6. The second kappa shape index (κ2) is 7.54. The van der Waals surface area contributed by atoms with E-state index in [1.165, 1.54) is 39.7 Å². The topological polar surface area (TPSA) is 96.7 Å². The molecule has 1 aromatic carbocycles. The normalized spacial score (nSPS) is 10.6. The lowest BCUT2D eigenvalue weighted by atomic mass is 10.3. The van der Waals surface area contributed by atoms with Crippen LogP contribution in [0.3, 0.4) is 0 Å². The van der Waals surface area contributed by atoms with Crippen molar-refractivity contribution < 1.29 is 14.0 Å². The largest absolute Gasteiger partial charge is 0.336 e. The van der Waals surface area contributed by atoms with E-state index < -0.39 is 17.6 Å². The molecule has 0 aliphatic heterocycles. The lowest BCUT2D eigenvalue weighted by molar-refractivity contribution is -0.122. The van der Waals surface area contributed by atoms with Gasteiger partial charge in [0, 0.05) is 17.6 Å². The van der Waals surface area contributed by atoms with Crippen LogP contribution in [0.2, 0.25) is 0 Å². The number of halogens is 1. The van der Waals surface area contributed by atoms with Crippen molar-refractivity contribution in [1.82, 2.24) is 30.2 Å². The van der Waals surface area contributed by atoms with Crippen molar-refractivity contribution in [2.24, 2.45) is 0 Å². The molecule has 0 aliphatic rings. The van der Waals surface area contributed by atoms with Crippen molar-refractivity contribution in [1.29, 1.82) is 0 Å². The van der Waals surface area contributed by atoms with Gasteiger partial charge in [0.15, 0.2) is 4.77 Å². The van der Waals surface area contributed by atoms with Crippen LogP contribution < -0.4 is 10.9 Å². The fourth-order valence-electron chi connectivity index (χ4n) is 2.58. The van der Waals surface area contributed by atoms with E-state index >= 15 is 0 Å². The smallest absolute Gasteiger partial charge is 0.288 e. The highest BCUT2D eigenvalue weighted by molar-refractivity contribution is 7.71. The molecule has 140 valence electrons. The van der Waals surface area contributed by atoms with Crippen LogP contribution in [0.4, 0.5) is 4.39 Å². The Morgan fingerprint density at radius 2 is 1.93 bits per heavy atom. The fraction of sp³-hybridized carbons (Fsp3) is 0.176. The molecule has 3 aromatic rings. The summed E-state index contributed by atoms with van der Waals surface area (Å²) in [5, 5.41) is 4.19. The molecule has 2 aromatic heterocycles. The van der Waals surface area contributed by atoms with Crippen molar-refractivity contribution in [3.63, 3.8) is 0 Å².